The van der Waals surface area contributed by atoms with E-state index in [0.29, 0.717) is 23.4 Å². The summed E-state index contributed by atoms with van der Waals surface area (Å²) in [6, 6.07) is 14.8. The predicted octanol–water partition coefficient (Wildman–Crippen LogP) is 5.10. The number of hydrogen-bond donors (Lipinski definition) is 3. The summed E-state index contributed by atoms with van der Waals surface area (Å²) >= 11 is 0. The molecule has 4 aromatic rings. The van der Waals surface area contributed by atoms with E-state index in [4.69, 9.17) is 9.72 Å². The summed E-state index contributed by atoms with van der Waals surface area (Å²) < 4.78 is 8.13. The largest absolute Gasteiger partial charge is 0.494 e. The van der Waals surface area contributed by atoms with E-state index in [1.54, 1.807) is 13.3 Å². The van der Waals surface area contributed by atoms with E-state index in [9.17, 15) is 5.11 Å². The number of aliphatic hydroxyl groups excluding tert-OH is 1. The third-order valence-corrected chi connectivity index (χ3v) is 7.00. The number of anilines is 4. The molecule has 1 aliphatic carbocycles. The van der Waals surface area contributed by atoms with Gasteiger partial charge in [0.15, 0.2) is 0 Å². The van der Waals surface area contributed by atoms with Crippen LogP contribution in [-0.2, 0) is 0 Å². The quantitative estimate of drug-likeness (QED) is 0.173. The van der Waals surface area contributed by atoms with E-state index >= 15 is 0 Å². The summed E-state index contributed by atoms with van der Waals surface area (Å²) in [7, 11) is 7.74. The molecule has 2 aromatic carbocycles. The second-order valence-corrected chi connectivity index (χ2v) is 10.2. The van der Waals surface area contributed by atoms with Crippen LogP contribution in [0.15, 0.2) is 67.5 Å². The highest BCUT2D eigenvalue weighted by Gasteiger charge is 2.26. The van der Waals surface area contributed by atoms with Gasteiger partial charge in [-0.3, -0.25) is 0 Å². The minimum absolute atomic E-state index is 0.456. The Labute approximate surface area is 229 Å². The van der Waals surface area contributed by atoms with Gasteiger partial charge in [0.05, 0.1) is 29.9 Å². The van der Waals surface area contributed by atoms with Gasteiger partial charge in [0.25, 0.3) is 0 Å². The Morgan fingerprint density at radius 1 is 1.15 bits per heavy atom. The molecular weight excluding hydrogens is 490 g/mol. The summed E-state index contributed by atoms with van der Waals surface area (Å²) in [4.78, 5) is 13.6. The molecule has 9 heteroatoms. The van der Waals surface area contributed by atoms with E-state index in [2.05, 4.69) is 67.0 Å². The number of rotatable bonds is 12. The number of benzene rings is 2. The lowest BCUT2D eigenvalue weighted by Crippen LogP contribution is -2.29. The number of nitrogens with zero attached hydrogens (tertiary/aromatic N) is 5. The standard InChI is InChI=1S/C30H37N7O2/c1-6-29(38)32-24-17-25(28(39-5)18-27(24)36(4)16-15-35(2)3)34-30-31-14-13-23(33-30)22-19-37(20-11-12-20)26-10-8-7-9-21(22)26/h6-10,13-14,17-20,29,32,38H,1,11-12,15-16H2,2-5H3,(H,31,33,34). The number of fused-ring (bicyclic) bond motifs is 1. The van der Waals surface area contributed by atoms with Gasteiger partial charge in [-0.1, -0.05) is 24.8 Å². The Morgan fingerprint density at radius 2 is 1.95 bits per heavy atom. The number of likely N-dealkylation sites (N-methyl/N-ethyl adjacent to an activating group) is 2. The Balaban J connectivity index is 1.49. The van der Waals surface area contributed by atoms with Gasteiger partial charge in [0, 0.05) is 61.1 Å². The molecule has 0 radical (unpaired) electrons. The van der Waals surface area contributed by atoms with Crippen LogP contribution in [0.25, 0.3) is 22.2 Å². The first-order valence-corrected chi connectivity index (χ1v) is 13.2. The van der Waals surface area contributed by atoms with Crippen molar-refractivity contribution in [2.45, 2.75) is 25.1 Å². The van der Waals surface area contributed by atoms with Crippen LogP contribution < -0.4 is 20.3 Å². The summed E-state index contributed by atoms with van der Waals surface area (Å²) in [6.45, 7) is 5.36. The zero-order chi connectivity index (χ0) is 27.5. The SMILES string of the molecule is C=CC(O)Nc1cc(Nc2nccc(-c3cn(C4CC4)c4ccccc34)n2)c(OC)cc1N(C)CCN(C)C. The lowest BCUT2D eigenvalue weighted by molar-refractivity contribution is 0.253. The van der Waals surface area contributed by atoms with Crippen molar-refractivity contribution in [3.63, 3.8) is 0 Å². The van der Waals surface area contributed by atoms with Gasteiger partial charge >= 0.3 is 0 Å². The molecule has 0 bridgehead atoms. The normalized spacial score (nSPS) is 13.9. The Morgan fingerprint density at radius 3 is 2.67 bits per heavy atom. The Hall–Kier alpha value is -4.08. The summed E-state index contributed by atoms with van der Waals surface area (Å²) in [6.07, 6.45) is 6.95. The third kappa shape index (κ3) is 5.84. The van der Waals surface area contributed by atoms with Crippen LogP contribution in [0.3, 0.4) is 0 Å². The van der Waals surface area contributed by atoms with Crippen LogP contribution >= 0.6 is 0 Å². The maximum Gasteiger partial charge on any atom is 0.227 e. The Bertz CT molecular complexity index is 1460. The van der Waals surface area contributed by atoms with Gasteiger partial charge in [-0.2, -0.15) is 0 Å². The average Bonchev–Trinajstić information content (AvgIpc) is 3.71. The molecule has 2 heterocycles. The van der Waals surface area contributed by atoms with Gasteiger partial charge in [-0.05, 0) is 51.2 Å². The number of para-hydroxylation sites is 1. The fourth-order valence-electron chi connectivity index (χ4n) is 4.71. The van der Waals surface area contributed by atoms with E-state index in [1.807, 2.05) is 39.3 Å². The summed E-state index contributed by atoms with van der Waals surface area (Å²) in [5.74, 6) is 1.10. The van der Waals surface area contributed by atoms with Crippen molar-refractivity contribution in [2.24, 2.45) is 0 Å². The summed E-state index contributed by atoms with van der Waals surface area (Å²) in [5, 5.41) is 18.0. The molecule has 0 saturated heterocycles. The van der Waals surface area contributed by atoms with Crippen LogP contribution in [-0.4, -0.2) is 72.1 Å². The first kappa shape index (κ1) is 26.5. The van der Waals surface area contributed by atoms with Crippen molar-refractivity contribution in [3.05, 3.63) is 67.5 Å². The molecule has 1 unspecified atom stereocenters. The molecule has 2 aromatic heterocycles. The second kappa shape index (κ2) is 11.3. The zero-order valence-electron chi connectivity index (χ0n) is 23.1. The number of hydrogen-bond acceptors (Lipinski definition) is 8. The van der Waals surface area contributed by atoms with Gasteiger partial charge in [0.1, 0.15) is 12.0 Å². The predicted molar refractivity (Wildman–Crippen MR) is 159 cm³/mol. The molecule has 0 aliphatic heterocycles. The Kier molecular flexibility index (Phi) is 7.72. The lowest BCUT2D eigenvalue weighted by atomic mass is 10.1. The van der Waals surface area contributed by atoms with Crippen LogP contribution in [0.4, 0.5) is 23.0 Å². The fraction of sp³-hybridized carbons (Fsp3) is 0.333. The van der Waals surface area contributed by atoms with Crippen molar-refractivity contribution in [2.75, 3.05) is 56.9 Å². The van der Waals surface area contributed by atoms with Crippen LogP contribution in [0.5, 0.6) is 5.75 Å². The van der Waals surface area contributed by atoms with Gasteiger partial charge in [-0.25, -0.2) is 9.97 Å². The molecule has 1 fully saturated rings. The molecule has 204 valence electrons. The highest BCUT2D eigenvalue weighted by Crippen LogP contribution is 2.41. The first-order chi connectivity index (χ1) is 18.9. The van der Waals surface area contributed by atoms with Crippen LogP contribution in [0, 0.1) is 0 Å². The number of aromatic nitrogens is 3. The van der Waals surface area contributed by atoms with Crippen LogP contribution in [0.1, 0.15) is 18.9 Å². The maximum absolute atomic E-state index is 10.3. The fourth-order valence-corrected chi connectivity index (χ4v) is 4.71. The molecule has 1 aliphatic rings. The highest BCUT2D eigenvalue weighted by atomic mass is 16.5. The molecule has 0 amide bonds. The topological polar surface area (TPSA) is 90.7 Å². The molecule has 39 heavy (non-hydrogen) atoms. The lowest BCUT2D eigenvalue weighted by Gasteiger charge is -2.27. The number of ether oxygens (including phenoxy) is 1. The van der Waals surface area contributed by atoms with Crippen molar-refractivity contribution >= 4 is 33.9 Å². The molecule has 1 saturated carbocycles. The smallest absolute Gasteiger partial charge is 0.227 e. The molecule has 9 nitrogen and oxygen atoms in total. The zero-order valence-corrected chi connectivity index (χ0v) is 23.1. The van der Waals surface area contributed by atoms with Gasteiger partial charge in [-0.15, -0.1) is 0 Å². The molecule has 1 atom stereocenters. The van der Waals surface area contributed by atoms with Crippen molar-refractivity contribution in [1.29, 1.82) is 0 Å². The third-order valence-electron chi connectivity index (χ3n) is 7.00. The average molecular weight is 528 g/mol. The maximum atomic E-state index is 10.3. The molecular formula is C30H37N7O2. The number of methoxy groups -OCH3 is 1. The van der Waals surface area contributed by atoms with Crippen molar-refractivity contribution in [3.8, 4) is 17.0 Å². The van der Waals surface area contributed by atoms with Crippen molar-refractivity contribution in [1.82, 2.24) is 19.4 Å². The minimum atomic E-state index is -0.907. The number of nitrogens with one attached hydrogen (secondary N) is 2. The highest BCUT2D eigenvalue weighted by molar-refractivity contribution is 5.95. The van der Waals surface area contributed by atoms with E-state index < -0.39 is 6.23 Å². The van der Waals surface area contributed by atoms with E-state index in [1.165, 1.54) is 29.8 Å². The summed E-state index contributed by atoms with van der Waals surface area (Å²) in [5.41, 5.74) is 5.47. The first-order valence-electron chi connectivity index (χ1n) is 13.2. The molecule has 5 rings (SSSR count). The van der Waals surface area contributed by atoms with E-state index in [-0.39, 0.29) is 0 Å². The monoisotopic (exact) mass is 527 g/mol. The minimum Gasteiger partial charge on any atom is -0.494 e. The molecule has 0 spiro atoms. The van der Waals surface area contributed by atoms with E-state index in [0.717, 1.165) is 35.7 Å². The van der Waals surface area contributed by atoms with Crippen molar-refractivity contribution < 1.29 is 9.84 Å². The number of aliphatic hydroxyl groups is 1. The van der Waals surface area contributed by atoms with Gasteiger partial charge < -0.3 is 34.8 Å². The second-order valence-electron chi connectivity index (χ2n) is 10.2. The van der Waals surface area contributed by atoms with Gasteiger partial charge in [0.2, 0.25) is 5.95 Å². The molecule has 3 N–H and O–H groups in total. The van der Waals surface area contributed by atoms with Crippen LogP contribution in [0.2, 0.25) is 0 Å².